The van der Waals surface area contributed by atoms with Crippen molar-refractivity contribution >= 4 is 33.4 Å². The normalized spacial score (nSPS) is 12.0. The van der Waals surface area contributed by atoms with Gasteiger partial charge in [-0.05, 0) is 61.7 Å². The summed E-state index contributed by atoms with van der Waals surface area (Å²) in [5.74, 6) is 0.691. The molecule has 0 aliphatic rings. The minimum Gasteiger partial charge on any atom is -0.495 e. The monoisotopic (exact) mass is 516 g/mol. The van der Waals surface area contributed by atoms with E-state index in [0.29, 0.717) is 22.6 Å². The molecule has 0 heterocycles. The fourth-order valence-electron chi connectivity index (χ4n) is 3.58. The van der Waals surface area contributed by atoms with Gasteiger partial charge in [0.2, 0.25) is 0 Å². The van der Waals surface area contributed by atoms with Crippen LogP contribution < -0.4 is 14.2 Å². The SMILES string of the molecule is CC[C@H](C)N(Cc1cccc(OS(=O)(=O)c2c(C)cccc2Cl)c1)C(=O)Nc1ccccc1OC. The first-order valence-electron chi connectivity index (χ1n) is 11.2. The van der Waals surface area contributed by atoms with Crippen molar-refractivity contribution in [1.82, 2.24) is 4.90 Å². The number of hydrogen-bond donors (Lipinski definition) is 1. The number of anilines is 1. The van der Waals surface area contributed by atoms with Crippen molar-refractivity contribution in [2.24, 2.45) is 0 Å². The van der Waals surface area contributed by atoms with Gasteiger partial charge in [-0.1, -0.05) is 54.9 Å². The van der Waals surface area contributed by atoms with Crippen molar-refractivity contribution < 1.29 is 22.1 Å². The van der Waals surface area contributed by atoms with E-state index >= 15 is 0 Å². The number of halogens is 1. The average Bonchev–Trinajstić information content (AvgIpc) is 2.82. The zero-order chi connectivity index (χ0) is 25.6. The molecule has 0 unspecified atom stereocenters. The van der Waals surface area contributed by atoms with Gasteiger partial charge in [0.15, 0.2) is 0 Å². The molecule has 0 saturated heterocycles. The van der Waals surface area contributed by atoms with Crippen LogP contribution in [0, 0.1) is 6.92 Å². The number of aryl methyl sites for hydroxylation is 1. The molecule has 0 saturated carbocycles. The summed E-state index contributed by atoms with van der Waals surface area (Å²) in [6.45, 7) is 5.85. The molecule has 0 bridgehead atoms. The third-order valence-corrected chi connectivity index (χ3v) is 7.48. The van der Waals surface area contributed by atoms with Gasteiger partial charge in [0.05, 0.1) is 17.8 Å². The number of carbonyl (C=O) groups is 1. The van der Waals surface area contributed by atoms with E-state index in [0.717, 1.165) is 6.42 Å². The lowest BCUT2D eigenvalue weighted by Gasteiger charge is -2.29. The second-order valence-corrected chi connectivity index (χ2v) is 9.98. The maximum absolute atomic E-state index is 13.2. The highest BCUT2D eigenvalue weighted by Gasteiger charge is 2.24. The number of nitrogens with zero attached hydrogens (tertiary/aromatic N) is 1. The lowest BCUT2D eigenvalue weighted by atomic mass is 10.1. The van der Waals surface area contributed by atoms with Gasteiger partial charge >= 0.3 is 16.1 Å². The number of ether oxygens (including phenoxy) is 1. The van der Waals surface area contributed by atoms with Crippen LogP contribution >= 0.6 is 11.6 Å². The highest BCUT2D eigenvalue weighted by atomic mass is 35.5. The lowest BCUT2D eigenvalue weighted by Crippen LogP contribution is -2.40. The molecule has 9 heteroatoms. The number of urea groups is 1. The van der Waals surface area contributed by atoms with Crippen molar-refractivity contribution in [2.75, 3.05) is 12.4 Å². The van der Waals surface area contributed by atoms with Crippen LogP contribution in [0.15, 0.2) is 71.6 Å². The van der Waals surface area contributed by atoms with Gasteiger partial charge in [0, 0.05) is 12.6 Å². The summed E-state index contributed by atoms with van der Waals surface area (Å²) in [6, 6.07) is 18.3. The third-order valence-electron chi connectivity index (χ3n) is 5.60. The third kappa shape index (κ3) is 6.46. The summed E-state index contributed by atoms with van der Waals surface area (Å²) in [6.07, 6.45) is 0.732. The Bertz CT molecular complexity index is 1280. The summed E-state index contributed by atoms with van der Waals surface area (Å²) in [7, 11) is -2.60. The maximum atomic E-state index is 13.2. The van der Waals surface area contributed by atoms with Gasteiger partial charge in [-0.2, -0.15) is 8.42 Å². The zero-order valence-electron chi connectivity index (χ0n) is 20.1. The second-order valence-electron chi connectivity index (χ2n) is 8.09. The van der Waals surface area contributed by atoms with Crippen molar-refractivity contribution in [3.63, 3.8) is 0 Å². The molecule has 7 nitrogen and oxygen atoms in total. The number of rotatable bonds is 9. The summed E-state index contributed by atoms with van der Waals surface area (Å²) >= 11 is 6.13. The van der Waals surface area contributed by atoms with Crippen LogP contribution in [0.5, 0.6) is 11.5 Å². The molecule has 0 fully saturated rings. The van der Waals surface area contributed by atoms with Crippen LogP contribution in [0.2, 0.25) is 5.02 Å². The highest BCUT2D eigenvalue weighted by Crippen LogP contribution is 2.29. The van der Waals surface area contributed by atoms with Crippen LogP contribution in [-0.4, -0.2) is 32.5 Å². The predicted molar refractivity (Wildman–Crippen MR) is 138 cm³/mol. The summed E-state index contributed by atoms with van der Waals surface area (Å²) < 4.78 is 36.5. The van der Waals surface area contributed by atoms with Gasteiger partial charge < -0.3 is 19.1 Å². The molecule has 1 atom stereocenters. The molecule has 2 amide bonds. The van der Waals surface area contributed by atoms with Gasteiger partial charge in [-0.15, -0.1) is 0 Å². The lowest BCUT2D eigenvalue weighted by molar-refractivity contribution is 0.187. The van der Waals surface area contributed by atoms with Crippen LogP contribution in [0.1, 0.15) is 31.4 Å². The molecule has 3 aromatic rings. The van der Waals surface area contributed by atoms with E-state index < -0.39 is 10.1 Å². The Balaban J connectivity index is 1.83. The topological polar surface area (TPSA) is 84.9 Å². The Morgan fingerprint density at radius 3 is 2.49 bits per heavy atom. The fraction of sp³-hybridized carbons (Fsp3) is 0.269. The maximum Gasteiger partial charge on any atom is 0.340 e. The Morgan fingerprint density at radius 1 is 1.09 bits per heavy atom. The number of carbonyl (C=O) groups excluding carboxylic acids is 1. The largest absolute Gasteiger partial charge is 0.495 e. The second kappa shape index (κ2) is 11.5. The van der Waals surface area contributed by atoms with Gasteiger partial charge in [-0.3, -0.25) is 0 Å². The van der Waals surface area contributed by atoms with Crippen LogP contribution in [0.25, 0.3) is 0 Å². The molecule has 35 heavy (non-hydrogen) atoms. The molecule has 0 aliphatic heterocycles. The van der Waals surface area contributed by atoms with Crippen molar-refractivity contribution in [1.29, 1.82) is 0 Å². The number of hydrogen-bond acceptors (Lipinski definition) is 5. The predicted octanol–water partition coefficient (Wildman–Crippen LogP) is 6.26. The van der Waals surface area contributed by atoms with Gasteiger partial charge in [-0.25, -0.2) is 4.79 Å². The first kappa shape index (κ1) is 26.4. The Kier molecular flexibility index (Phi) is 8.64. The molecular formula is C26H29ClN2O5S. The molecule has 3 rings (SSSR count). The molecule has 0 aromatic heterocycles. The minimum atomic E-state index is -4.14. The zero-order valence-corrected chi connectivity index (χ0v) is 21.7. The summed E-state index contributed by atoms with van der Waals surface area (Å²) in [5.41, 5.74) is 1.76. The van der Waals surface area contributed by atoms with Crippen LogP contribution in [-0.2, 0) is 16.7 Å². The van der Waals surface area contributed by atoms with E-state index in [9.17, 15) is 13.2 Å². The van der Waals surface area contributed by atoms with E-state index in [1.807, 2.05) is 32.0 Å². The molecule has 0 radical (unpaired) electrons. The summed E-state index contributed by atoms with van der Waals surface area (Å²) in [4.78, 5) is 14.8. The van der Waals surface area contributed by atoms with E-state index in [1.54, 1.807) is 61.4 Å². The quantitative estimate of drug-likeness (QED) is 0.339. The van der Waals surface area contributed by atoms with Crippen molar-refractivity contribution in [3.8, 4) is 11.5 Å². The number of methoxy groups -OCH3 is 1. The van der Waals surface area contributed by atoms with Crippen molar-refractivity contribution in [3.05, 3.63) is 82.9 Å². The van der Waals surface area contributed by atoms with E-state index in [-0.39, 0.29) is 34.3 Å². The molecule has 3 aromatic carbocycles. The Labute approximate surface area is 211 Å². The molecule has 0 spiro atoms. The molecule has 0 aliphatic carbocycles. The number of benzene rings is 3. The minimum absolute atomic E-state index is 0.0653. The molecule has 186 valence electrons. The smallest absolute Gasteiger partial charge is 0.340 e. The van der Waals surface area contributed by atoms with E-state index in [1.165, 1.54) is 6.07 Å². The number of para-hydroxylation sites is 2. The summed E-state index contributed by atoms with van der Waals surface area (Å²) in [5, 5.41) is 3.00. The Morgan fingerprint density at radius 2 is 1.80 bits per heavy atom. The number of amides is 2. The highest BCUT2D eigenvalue weighted by molar-refractivity contribution is 7.87. The van der Waals surface area contributed by atoms with E-state index in [4.69, 9.17) is 20.5 Å². The standard InChI is InChI=1S/C26H29ClN2O5S/c1-5-19(3)29(26(30)28-23-14-6-7-15-24(23)33-4)17-20-11-9-12-21(16-20)34-35(31,32)25-18(2)10-8-13-22(25)27/h6-16,19H,5,17H2,1-4H3,(H,28,30)/t19-/m0/s1. The fourth-order valence-corrected chi connectivity index (χ4v) is 5.29. The number of nitrogens with one attached hydrogen (secondary N) is 1. The van der Waals surface area contributed by atoms with E-state index in [2.05, 4.69) is 5.32 Å². The average molecular weight is 517 g/mol. The van der Waals surface area contributed by atoms with Crippen LogP contribution in [0.4, 0.5) is 10.5 Å². The first-order valence-corrected chi connectivity index (χ1v) is 12.9. The van der Waals surface area contributed by atoms with Gasteiger partial charge in [0.1, 0.15) is 16.4 Å². The van der Waals surface area contributed by atoms with Gasteiger partial charge in [0.25, 0.3) is 0 Å². The molecular weight excluding hydrogens is 488 g/mol. The first-order chi connectivity index (χ1) is 16.7. The van der Waals surface area contributed by atoms with Crippen LogP contribution in [0.3, 0.4) is 0 Å². The Hall–Kier alpha value is -3.23. The van der Waals surface area contributed by atoms with Crippen molar-refractivity contribution in [2.45, 2.75) is 44.7 Å². The molecule has 1 N–H and O–H groups in total.